The Balaban J connectivity index is 0.000000321. The van der Waals surface area contributed by atoms with Crippen molar-refractivity contribution < 1.29 is 0 Å². The molecule has 0 aromatic rings. The SMILES string of the molecule is C=CC(C=C)=C/C=C\C.CC=C1CC=CC=CC1. The molecule has 0 N–H and O–H groups in total. The Kier molecular flexibility index (Phi) is 10.5. The Labute approximate surface area is 112 Å². The van der Waals surface area contributed by atoms with Crippen molar-refractivity contribution in [1.82, 2.24) is 0 Å². The lowest BCUT2D eigenvalue weighted by Gasteiger charge is -1.94. The molecule has 0 fully saturated rings. The van der Waals surface area contributed by atoms with E-state index in [4.69, 9.17) is 0 Å². The molecule has 96 valence electrons. The normalized spacial score (nSPS) is 13.3. The average Bonchev–Trinajstić information content (AvgIpc) is 2.69. The van der Waals surface area contributed by atoms with Gasteiger partial charge in [-0.3, -0.25) is 0 Å². The Hall–Kier alpha value is -1.82. The Morgan fingerprint density at radius 1 is 1.06 bits per heavy atom. The van der Waals surface area contributed by atoms with Crippen LogP contribution in [0.5, 0.6) is 0 Å². The van der Waals surface area contributed by atoms with Gasteiger partial charge in [-0.25, -0.2) is 0 Å². The van der Waals surface area contributed by atoms with Crippen LogP contribution in [-0.2, 0) is 0 Å². The van der Waals surface area contributed by atoms with Crippen molar-refractivity contribution >= 4 is 0 Å². The number of allylic oxidation sites excluding steroid dienone is 12. The maximum Gasteiger partial charge on any atom is -0.0133 e. The fraction of sp³-hybridized carbons (Fsp3) is 0.222. The molecule has 0 aromatic carbocycles. The van der Waals surface area contributed by atoms with Gasteiger partial charge in [0.25, 0.3) is 0 Å². The van der Waals surface area contributed by atoms with Crippen LogP contribution in [0.3, 0.4) is 0 Å². The minimum atomic E-state index is 1.05. The summed E-state index contributed by atoms with van der Waals surface area (Å²) in [6, 6.07) is 0. The van der Waals surface area contributed by atoms with Gasteiger partial charge in [0.2, 0.25) is 0 Å². The molecule has 0 aliphatic heterocycles. The largest absolute Gasteiger partial charge is 0.0985 e. The summed E-state index contributed by atoms with van der Waals surface area (Å²) in [7, 11) is 0. The molecule has 0 heteroatoms. The van der Waals surface area contributed by atoms with Crippen LogP contribution >= 0.6 is 0 Å². The second kappa shape index (κ2) is 11.7. The summed E-state index contributed by atoms with van der Waals surface area (Å²) in [5.41, 5.74) is 2.56. The summed E-state index contributed by atoms with van der Waals surface area (Å²) in [6.07, 6.45) is 22.5. The van der Waals surface area contributed by atoms with Crippen molar-refractivity contribution in [3.63, 3.8) is 0 Å². The quantitative estimate of drug-likeness (QED) is 0.438. The molecule has 0 bridgehead atoms. The smallest absolute Gasteiger partial charge is 0.0133 e. The third kappa shape index (κ3) is 8.35. The van der Waals surface area contributed by atoms with E-state index in [2.05, 4.69) is 50.5 Å². The van der Waals surface area contributed by atoms with Crippen molar-refractivity contribution in [1.29, 1.82) is 0 Å². The van der Waals surface area contributed by atoms with Crippen molar-refractivity contribution in [2.75, 3.05) is 0 Å². The van der Waals surface area contributed by atoms with Crippen LogP contribution in [0.25, 0.3) is 0 Å². The van der Waals surface area contributed by atoms with Gasteiger partial charge in [0, 0.05) is 0 Å². The minimum Gasteiger partial charge on any atom is -0.0985 e. The first-order valence-electron chi connectivity index (χ1n) is 6.32. The highest BCUT2D eigenvalue weighted by atomic mass is 14.0. The van der Waals surface area contributed by atoms with Gasteiger partial charge >= 0.3 is 0 Å². The predicted molar refractivity (Wildman–Crippen MR) is 84.6 cm³/mol. The van der Waals surface area contributed by atoms with E-state index in [0.29, 0.717) is 0 Å². The molecule has 0 nitrogen and oxygen atoms in total. The predicted octanol–water partition coefficient (Wildman–Crippen LogP) is 5.70. The first-order valence-corrected chi connectivity index (χ1v) is 6.32. The van der Waals surface area contributed by atoms with E-state index in [9.17, 15) is 0 Å². The molecule has 1 aliphatic carbocycles. The highest BCUT2D eigenvalue weighted by Crippen LogP contribution is 2.11. The first-order chi connectivity index (χ1) is 8.78. The van der Waals surface area contributed by atoms with Gasteiger partial charge in [-0.15, -0.1) is 0 Å². The van der Waals surface area contributed by atoms with Gasteiger partial charge < -0.3 is 0 Å². The van der Waals surface area contributed by atoms with Gasteiger partial charge in [-0.05, 0) is 32.3 Å². The topological polar surface area (TPSA) is 0 Å². The lowest BCUT2D eigenvalue weighted by molar-refractivity contribution is 1.11. The van der Waals surface area contributed by atoms with Gasteiger partial charge in [0.1, 0.15) is 0 Å². The van der Waals surface area contributed by atoms with Gasteiger partial charge in [-0.1, -0.05) is 79.5 Å². The molecule has 0 unspecified atom stereocenters. The van der Waals surface area contributed by atoms with Crippen molar-refractivity contribution in [2.45, 2.75) is 26.7 Å². The van der Waals surface area contributed by atoms with Crippen molar-refractivity contribution in [3.8, 4) is 0 Å². The molecular formula is C18H24. The molecule has 0 amide bonds. The summed E-state index contributed by atoms with van der Waals surface area (Å²) < 4.78 is 0. The summed E-state index contributed by atoms with van der Waals surface area (Å²) in [5, 5.41) is 0. The first kappa shape index (κ1) is 16.2. The van der Waals surface area contributed by atoms with E-state index in [-0.39, 0.29) is 0 Å². The number of rotatable bonds is 3. The molecule has 0 atom stereocenters. The summed E-state index contributed by atoms with van der Waals surface area (Å²) >= 11 is 0. The Bertz CT molecular complexity index is 358. The molecular weight excluding hydrogens is 216 g/mol. The van der Waals surface area contributed by atoms with Crippen LogP contribution in [0.15, 0.2) is 85.1 Å². The fourth-order valence-electron chi connectivity index (χ4n) is 1.34. The zero-order chi connectivity index (χ0) is 13.6. The Morgan fingerprint density at radius 3 is 2.00 bits per heavy atom. The van der Waals surface area contributed by atoms with Crippen LogP contribution in [-0.4, -0.2) is 0 Å². The molecule has 0 aromatic heterocycles. The molecule has 1 aliphatic rings. The molecule has 18 heavy (non-hydrogen) atoms. The highest BCUT2D eigenvalue weighted by molar-refractivity contribution is 5.30. The molecule has 1 rings (SSSR count). The Morgan fingerprint density at radius 2 is 1.61 bits per heavy atom. The maximum atomic E-state index is 3.61. The molecule has 0 spiro atoms. The van der Waals surface area contributed by atoms with Gasteiger partial charge in [0.05, 0.1) is 0 Å². The van der Waals surface area contributed by atoms with Crippen molar-refractivity contribution in [3.05, 3.63) is 85.1 Å². The summed E-state index contributed by atoms with van der Waals surface area (Å²) in [5.74, 6) is 0. The third-order valence-electron chi connectivity index (χ3n) is 2.50. The fourth-order valence-corrected chi connectivity index (χ4v) is 1.34. The summed E-state index contributed by atoms with van der Waals surface area (Å²) in [4.78, 5) is 0. The lowest BCUT2D eigenvalue weighted by atomic mass is 10.1. The standard InChI is InChI=1S/2C9H12/c1-2-9-7-5-3-4-6-8-9;1-4-7-8-9(5-2)6-3/h2-6H,7-8H2,1H3;4-8H,2-3H2,1H3/b;7-4-. The zero-order valence-corrected chi connectivity index (χ0v) is 11.6. The van der Waals surface area contributed by atoms with Crippen LogP contribution in [0.1, 0.15) is 26.7 Å². The second-order valence-corrected chi connectivity index (χ2v) is 3.81. The molecule has 0 radical (unpaired) electrons. The lowest BCUT2D eigenvalue weighted by Crippen LogP contribution is -1.74. The number of hydrogen-bond acceptors (Lipinski definition) is 0. The molecule has 0 saturated heterocycles. The van der Waals surface area contributed by atoms with Gasteiger partial charge in [-0.2, -0.15) is 0 Å². The van der Waals surface area contributed by atoms with Crippen LogP contribution in [0.2, 0.25) is 0 Å². The molecule has 0 heterocycles. The average molecular weight is 240 g/mol. The summed E-state index contributed by atoms with van der Waals surface area (Å²) in [6.45, 7) is 11.3. The zero-order valence-electron chi connectivity index (χ0n) is 11.6. The van der Waals surface area contributed by atoms with Crippen LogP contribution < -0.4 is 0 Å². The third-order valence-corrected chi connectivity index (χ3v) is 2.50. The highest BCUT2D eigenvalue weighted by Gasteiger charge is 1.90. The minimum absolute atomic E-state index is 1.05. The van der Waals surface area contributed by atoms with E-state index in [1.807, 2.05) is 25.2 Å². The van der Waals surface area contributed by atoms with E-state index < -0.39 is 0 Å². The van der Waals surface area contributed by atoms with E-state index in [1.54, 1.807) is 12.2 Å². The van der Waals surface area contributed by atoms with Crippen LogP contribution in [0.4, 0.5) is 0 Å². The van der Waals surface area contributed by atoms with E-state index in [0.717, 1.165) is 18.4 Å². The second-order valence-electron chi connectivity index (χ2n) is 3.81. The molecule has 0 saturated carbocycles. The van der Waals surface area contributed by atoms with E-state index in [1.165, 1.54) is 5.57 Å². The number of hydrogen-bond donors (Lipinski definition) is 0. The van der Waals surface area contributed by atoms with Crippen molar-refractivity contribution in [2.24, 2.45) is 0 Å². The maximum absolute atomic E-state index is 3.61. The monoisotopic (exact) mass is 240 g/mol. The van der Waals surface area contributed by atoms with Crippen LogP contribution in [0, 0.1) is 0 Å². The van der Waals surface area contributed by atoms with E-state index >= 15 is 0 Å². The van der Waals surface area contributed by atoms with Gasteiger partial charge in [0.15, 0.2) is 0 Å².